The van der Waals surface area contributed by atoms with Crippen LogP contribution < -0.4 is 15.0 Å². The van der Waals surface area contributed by atoms with Gasteiger partial charge in [-0.1, -0.05) is 30.4 Å². The van der Waals surface area contributed by atoms with Crippen molar-refractivity contribution in [1.82, 2.24) is 5.32 Å². The van der Waals surface area contributed by atoms with E-state index in [2.05, 4.69) is 5.32 Å². The van der Waals surface area contributed by atoms with Gasteiger partial charge in [-0.3, -0.25) is 9.59 Å². The monoisotopic (exact) mass is 286 g/mol. The van der Waals surface area contributed by atoms with Crippen molar-refractivity contribution >= 4 is 17.5 Å². The first-order valence-corrected chi connectivity index (χ1v) is 6.75. The Balaban J connectivity index is 2.30. The minimum atomic E-state index is -0.705. The molecule has 1 aromatic carbocycles. The van der Waals surface area contributed by atoms with Gasteiger partial charge in [0.25, 0.3) is 11.8 Å². The summed E-state index contributed by atoms with van der Waals surface area (Å²) in [7, 11) is 1.55. The van der Waals surface area contributed by atoms with Crippen LogP contribution >= 0.6 is 0 Å². The number of amides is 2. The number of carbonyl (C=O) groups excluding carboxylic acids is 2. The molecule has 0 unspecified atom stereocenters. The topological polar surface area (TPSA) is 58.6 Å². The number of hydrogen-bond acceptors (Lipinski definition) is 3. The summed E-state index contributed by atoms with van der Waals surface area (Å²) in [6.07, 6.45) is 6.06. The number of allylic oxidation sites excluding steroid dienone is 3. The molecule has 0 radical (unpaired) electrons. The Kier molecular flexibility index (Phi) is 4.77. The summed E-state index contributed by atoms with van der Waals surface area (Å²) < 4.78 is 5.65. The third-order valence-electron chi connectivity index (χ3n) is 3.12. The maximum atomic E-state index is 12.3. The number of nitrogens with zero attached hydrogens (tertiary/aromatic N) is 1. The van der Waals surface area contributed by atoms with E-state index in [1.807, 2.05) is 25.1 Å². The first-order chi connectivity index (χ1) is 10.2. The summed E-state index contributed by atoms with van der Waals surface area (Å²) in [5, 5.41) is 2.55. The fourth-order valence-electron chi connectivity index (χ4n) is 2.08. The quantitative estimate of drug-likeness (QED) is 0.679. The van der Waals surface area contributed by atoms with Crippen molar-refractivity contribution in [2.45, 2.75) is 13.0 Å². The summed E-state index contributed by atoms with van der Waals surface area (Å²) in [6, 6.07) is 7.19. The second kappa shape index (κ2) is 6.74. The van der Waals surface area contributed by atoms with Crippen LogP contribution in [0.4, 0.5) is 5.69 Å². The Labute approximate surface area is 123 Å². The number of fused-ring (bicyclic) bond motifs is 1. The van der Waals surface area contributed by atoms with Crippen LogP contribution in [0.5, 0.6) is 5.75 Å². The molecule has 0 spiro atoms. The molecule has 5 heteroatoms. The Morgan fingerprint density at radius 3 is 2.81 bits per heavy atom. The van der Waals surface area contributed by atoms with Crippen LogP contribution in [0.3, 0.4) is 0 Å². The first-order valence-electron chi connectivity index (χ1n) is 6.75. The molecule has 1 aromatic rings. The van der Waals surface area contributed by atoms with E-state index in [0.717, 1.165) is 0 Å². The average molecular weight is 286 g/mol. The molecule has 2 amide bonds. The standard InChI is InChI=1S/C16H18N2O3/c1-3-4-5-10-15(19)18-11-14(16(20)17-2)21-13-9-7-6-8-12(13)18/h3-10,14H,11H2,1-2H3,(H,17,20)/b4-3+,10-5+/t14-/m0/s1. The lowest BCUT2D eigenvalue weighted by Gasteiger charge is -2.33. The van der Waals surface area contributed by atoms with E-state index in [9.17, 15) is 9.59 Å². The number of benzene rings is 1. The summed E-state index contributed by atoms with van der Waals surface area (Å²) >= 11 is 0. The van der Waals surface area contributed by atoms with Gasteiger partial charge in [-0.25, -0.2) is 0 Å². The largest absolute Gasteiger partial charge is 0.477 e. The van der Waals surface area contributed by atoms with Crippen LogP contribution in [-0.2, 0) is 9.59 Å². The zero-order valence-corrected chi connectivity index (χ0v) is 12.1. The summed E-state index contributed by atoms with van der Waals surface area (Å²) in [4.78, 5) is 25.7. The number of rotatable bonds is 3. The smallest absolute Gasteiger partial charge is 0.262 e. The SMILES string of the molecule is C/C=C/C=C/C(=O)N1C[C@@H](C(=O)NC)Oc2ccccc21. The number of anilines is 1. The van der Waals surface area contributed by atoms with Gasteiger partial charge < -0.3 is 15.0 Å². The lowest BCUT2D eigenvalue weighted by Crippen LogP contribution is -2.49. The van der Waals surface area contributed by atoms with Crippen molar-refractivity contribution in [2.24, 2.45) is 0 Å². The van der Waals surface area contributed by atoms with Crippen molar-refractivity contribution in [1.29, 1.82) is 0 Å². The Morgan fingerprint density at radius 2 is 2.10 bits per heavy atom. The lowest BCUT2D eigenvalue weighted by atomic mass is 10.1. The van der Waals surface area contributed by atoms with Crippen LogP contribution in [-0.4, -0.2) is 31.5 Å². The Bertz CT molecular complexity index is 593. The average Bonchev–Trinajstić information content (AvgIpc) is 2.53. The third kappa shape index (κ3) is 3.31. The van der Waals surface area contributed by atoms with Gasteiger partial charge in [-0.05, 0) is 19.1 Å². The Morgan fingerprint density at radius 1 is 1.33 bits per heavy atom. The van der Waals surface area contributed by atoms with Gasteiger partial charge in [0.15, 0.2) is 6.10 Å². The minimum absolute atomic E-state index is 0.183. The van der Waals surface area contributed by atoms with Crippen molar-refractivity contribution in [3.8, 4) is 5.75 Å². The third-order valence-corrected chi connectivity index (χ3v) is 3.12. The molecule has 0 aliphatic carbocycles. The molecular weight excluding hydrogens is 268 g/mol. The first kappa shape index (κ1) is 14.8. The van der Waals surface area contributed by atoms with Gasteiger partial charge in [-0.15, -0.1) is 0 Å². The second-order valence-corrected chi connectivity index (χ2v) is 4.52. The predicted octanol–water partition coefficient (Wildman–Crippen LogP) is 1.66. The molecule has 0 fully saturated rings. The summed E-state index contributed by atoms with van der Waals surface area (Å²) in [5.41, 5.74) is 0.674. The van der Waals surface area contributed by atoms with Gasteiger partial charge in [-0.2, -0.15) is 0 Å². The summed E-state index contributed by atoms with van der Waals surface area (Å²) in [5.74, 6) is 0.0997. The molecule has 1 N–H and O–H groups in total. The highest BCUT2D eigenvalue weighted by Crippen LogP contribution is 2.33. The van der Waals surface area contributed by atoms with Gasteiger partial charge in [0.05, 0.1) is 12.2 Å². The van der Waals surface area contributed by atoms with Gasteiger partial charge in [0.2, 0.25) is 0 Å². The number of nitrogens with one attached hydrogen (secondary N) is 1. The van der Waals surface area contributed by atoms with Crippen molar-refractivity contribution in [2.75, 3.05) is 18.5 Å². The van der Waals surface area contributed by atoms with Gasteiger partial charge in [0, 0.05) is 13.1 Å². The fourth-order valence-corrected chi connectivity index (χ4v) is 2.08. The highest BCUT2D eigenvalue weighted by Gasteiger charge is 2.32. The van der Waals surface area contributed by atoms with E-state index in [0.29, 0.717) is 11.4 Å². The molecule has 1 aliphatic rings. The molecule has 0 saturated heterocycles. The van der Waals surface area contributed by atoms with E-state index >= 15 is 0 Å². The van der Waals surface area contributed by atoms with E-state index < -0.39 is 6.10 Å². The Hall–Kier alpha value is -2.56. The van der Waals surface area contributed by atoms with Crippen molar-refractivity contribution < 1.29 is 14.3 Å². The van der Waals surface area contributed by atoms with Crippen LogP contribution in [0.2, 0.25) is 0 Å². The predicted molar refractivity (Wildman–Crippen MR) is 81.2 cm³/mol. The van der Waals surface area contributed by atoms with Crippen LogP contribution in [0.15, 0.2) is 48.6 Å². The number of carbonyl (C=O) groups is 2. The van der Waals surface area contributed by atoms with Crippen LogP contribution in [0, 0.1) is 0 Å². The lowest BCUT2D eigenvalue weighted by molar-refractivity contribution is -0.127. The number of likely N-dealkylation sites (N-methyl/N-ethyl adjacent to an activating group) is 1. The molecule has 1 aliphatic heterocycles. The highest BCUT2D eigenvalue weighted by molar-refractivity contribution is 6.03. The van der Waals surface area contributed by atoms with Gasteiger partial charge in [0.1, 0.15) is 5.75 Å². The number of para-hydroxylation sites is 2. The van der Waals surface area contributed by atoms with E-state index in [4.69, 9.17) is 4.74 Å². The zero-order valence-electron chi connectivity index (χ0n) is 12.1. The molecule has 2 rings (SSSR count). The van der Waals surface area contributed by atoms with Crippen molar-refractivity contribution in [3.63, 3.8) is 0 Å². The van der Waals surface area contributed by atoms with Gasteiger partial charge >= 0.3 is 0 Å². The van der Waals surface area contributed by atoms with Crippen LogP contribution in [0.1, 0.15) is 6.92 Å². The molecule has 110 valence electrons. The van der Waals surface area contributed by atoms with Crippen LogP contribution in [0.25, 0.3) is 0 Å². The minimum Gasteiger partial charge on any atom is -0.477 e. The number of hydrogen-bond donors (Lipinski definition) is 1. The fraction of sp³-hybridized carbons (Fsp3) is 0.250. The number of ether oxygens (including phenoxy) is 1. The van der Waals surface area contributed by atoms with Crippen molar-refractivity contribution in [3.05, 3.63) is 48.6 Å². The van der Waals surface area contributed by atoms with E-state index in [1.54, 1.807) is 36.2 Å². The maximum absolute atomic E-state index is 12.3. The normalized spacial score (nSPS) is 17.6. The van der Waals surface area contributed by atoms with E-state index in [-0.39, 0.29) is 18.4 Å². The molecule has 1 heterocycles. The zero-order chi connectivity index (χ0) is 15.2. The van der Waals surface area contributed by atoms with E-state index in [1.165, 1.54) is 6.08 Å². The molecule has 1 atom stereocenters. The highest BCUT2D eigenvalue weighted by atomic mass is 16.5. The summed E-state index contributed by atoms with van der Waals surface area (Å²) in [6.45, 7) is 2.07. The molecule has 0 aromatic heterocycles. The maximum Gasteiger partial charge on any atom is 0.262 e. The molecule has 0 saturated carbocycles. The molecular formula is C16H18N2O3. The molecule has 5 nitrogen and oxygen atoms in total. The molecule has 0 bridgehead atoms. The second-order valence-electron chi connectivity index (χ2n) is 4.52. The molecule has 21 heavy (non-hydrogen) atoms.